The maximum atomic E-state index is 6.00. The number of aromatic nitrogens is 2. The van der Waals surface area contributed by atoms with Crippen LogP contribution in [-0.2, 0) is 6.42 Å². The van der Waals surface area contributed by atoms with Crippen LogP contribution < -0.4 is 11.5 Å². The van der Waals surface area contributed by atoms with Gasteiger partial charge in [-0.25, -0.2) is 4.98 Å². The number of rotatable bonds is 2. The minimum absolute atomic E-state index is 0.211. The SMILES string of the molecule is Cc1ccc(Cc2cccc3nc(N)nc(N)c23)cc1. The summed E-state index contributed by atoms with van der Waals surface area (Å²) in [4.78, 5) is 8.30. The molecule has 0 atom stereocenters. The fraction of sp³-hybridized carbons (Fsp3) is 0.125. The van der Waals surface area contributed by atoms with Crippen molar-refractivity contribution in [3.8, 4) is 0 Å². The maximum absolute atomic E-state index is 6.00. The molecule has 4 heteroatoms. The number of nitrogens with zero attached hydrogens (tertiary/aromatic N) is 2. The second-order valence-electron chi connectivity index (χ2n) is 4.94. The Bertz CT molecular complexity index is 763. The van der Waals surface area contributed by atoms with E-state index in [1.165, 1.54) is 11.1 Å². The first-order chi connectivity index (χ1) is 9.63. The van der Waals surface area contributed by atoms with Gasteiger partial charge in [0, 0.05) is 5.39 Å². The maximum Gasteiger partial charge on any atom is 0.222 e. The third-order valence-electron chi connectivity index (χ3n) is 3.37. The van der Waals surface area contributed by atoms with Crippen molar-refractivity contribution in [3.63, 3.8) is 0 Å². The Morgan fingerprint density at radius 1 is 0.950 bits per heavy atom. The minimum Gasteiger partial charge on any atom is -0.383 e. The summed E-state index contributed by atoms with van der Waals surface area (Å²) in [6.45, 7) is 2.08. The van der Waals surface area contributed by atoms with Crippen molar-refractivity contribution >= 4 is 22.7 Å². The van der Waals surface area contributed by atoms with Crippen molar-refractivity contribution in [2.75, 3.05) is 11.5 Å². The Balaban J connectivity index is 2.09. The Labute approximate surface area is 117 Å². The lowest BCUT2D eigenvalue weighted by Gasteiger charge is -2.09. The highest BCUT2D eigenvalue weighted by atomic mass is 15.0. The van der Waals surface area contributed by atoms with Crippen LogP contribution in [0.25, 0.3) is 10.9 Å². The van der Waals surface area contributed by atoms with E-state index in [9.17, 15) is 0 Å². The summed E-state index contributed by atoms with van der Waals surface area (Å²) >= 11 is 0. The van der Waals surface area contributed by atoms with E-state index in [2.05, 4.69) is 47.2 Å². The van der Waals surface area contributed by atoms with Crippen LogP contribution >= 0.6 is 0 Å². The molecule has 0 spiro atoms. The van der Waals surface area contributed by atoms with Crippen LogP contribution in [0.4, 0.5) is 11.8 Å². The lowest BCUT2D eigenvalue weighted by atomic mass is 10.00. The zero-order chi connectivity index (χ0) is 14.1. The Morgan fingerprint density at radius 2 is 1.70 bits per heavy atom. The van der Waals surface area contributed by atoms with Crippen LogP contribution in [0.15, 0.2) is 42.5 Å². The van der Waals surface area contributed by atoms with Gasteiger partial charge in [0.2, 0.25) is 5.95 Å². The normalized spacial score (nSPS) is 10.8. The highest BCUT2D eigenvalue weighted by Crippen LogP contribution is 2.25. The standard InChI is InChI=1S/C16H16N4/c1-10-5-7-11(8-6-10)9-12-3-2-4-13-14(12)15(17)20-16(18)19-13/h2-8H,9H2,1H3,(H4,17,18,19,20). The molecule has 1 heterocycles. The van der Waals surface area contributed by atoms with Crippen molar-refractivity contribution in [2.45, 2.75) is 13.3 Å². The smallest absolute Gasteiger partial charge is 0.222 e. The first-order valence-electron chi connectivity index (χ1n) is 6.49. The molecule has 0 unspecified atom stereocenters. The van der Waals surface area contributed by atoms with Crippen LogP contribution in [0, 0.1) is 6.92 Å². The number of hydrogen-bond donors (Lipinski definition) is 2. The average molecular weight is 264 g/mol. The summed E-state index contributed by atoms with van der Waals surface area (Å²) in [5.41, 5.74) is 16.0. The molecular weight excluding hydrogens is 248 g/mol. The molecule has 3 aromatic rings. The van der Waals surface area contributed by atoms with Crippen molar-refractivity contribution < 1.29 is 0 Å². The van der Waals surface area contributed by atoms with Crippen LogP contribution in [-0.4, -0.2) is 9.97 Å². The summed E-state index contributed by atoms with van der Waals surface area (Å²) in [5.74, 6) is 0.651. The molecule has 0 aliphatic carbocycles. The molecule has 20 heavy (non-hydrogen) atoms. The van der Waals surface area contributed by atoms with E-state index in [0.717, 1.165) is 22.9 Å². The van der Waals surface area contributed by atoms with E-state index in [1.54, 1.807) is 0 Å². The minimum atomic E-state index is 0.211. The fourth-order valence-corrected chi connectivity index (χ4v) is 2.38. The van der Waals surface area contributed by atoms with E-state index in [-0.39, 0.29) is 5.95 Å². The lowest BCUT2D eigenvalue weighted by molar-refractivity contribution is 1.18. The third-order valence-corrected chi connectivity index (χ3v) is 3.37. The summed E-state index contributed by atoms with van der Waals surface area (Å²) in [6, 6.07) is 14.4. The molecule has 0 saturated carbocycles. The molecule has 0 amide bonds. The zero-order valence-electron chi connectivity index (χ0n) is 11.3. The van der Waals surface area contributed by atoms with Gasteiger partial charge in [0.25, 0.3) is 0 Å². The Hall–Kier alpha value is -2.62. The largest absolute Gasteiger partial charge is 0.383 e. The van der Waals surface area contributed by atoms with E-state index in [4.69, 9.17) is 11.5 Å². The van der Waals surface area contributed by atoms with Gasteiger partial charge >= 0.3 is 0 Å². The topological polar surface area (TPSA) is 77.8 Å². The fourth-order valence-electron chi connectivity index (χ4n) is 2.38. The second-order valence-corrected chi connectivity index (χ2v) is 4.94. The van der Waals surface area contributed by atoms with Gasteiger partial charge in [-0.2, -0.15) is 4.98 Å². The molecule has 0 aliphatic rings. The number of aryl methyl sites for hydroxylation is 1. The van der Waals surface area contributed by atoms with Gasteiger partial charge < -0.3 is 11.5 Å². The molecule has 0 saturated heterocycles. The summed E-state index contributed by atoms with van der Waals surface area (Å²) in [5, 5.41) is 0.891. The van der Waals surface area contributed by atoms with Crippen LogP contribution in [0.5, 0.6) is 0 Å². The van der Waals surface area contributed by atoms with Gasteiger partial charge in [-0.1, -0.05) is 42.0 Å². The number of anilines is 2. The quantitative estimate of drug-likeness (QED) is 0.746. The average Bonchev–Trinajstić information content (AvgIpc) is 2.41. The van der Waals surface area contributed by atoms with Gasteiger partial charge in [-0.3, -0.25) is 0 Å². The van der Waals surface area contributed by atoms with Crippen molar-refractivity contribution in [1.82, 2.24) is 9.97 Å². The number of fused-ring (bicyclic) bond motifs is 1. The first kappa shape index (κ1) is 12.4. The van der Waals surface area contributed by atoms with Gasteiger partial charge in [0.15, 0.2) is 0 Å². The predicted molar refractivity (Wildman–Crippen MR) is 82.3 cm³/mol. The molecule has 0 fully saturated rings. The van der Waals surface area contributed by atoms with Crippen molar-refractivity contribution in [2.24, 2.45) is 0 Å². The molecule has 0 aliphatic heterocycles. The summed E-state index contributed by atoms with van der Waals surface area (Å²) < 4.78 is 0. The molecule has 4 N–H and O–H groups in total. The van der Waals surface area contributed by atoms with Gasteiger partial charge in [-0.05, 0) is 30.5 Å². The highest BCUT2D eigenvalue weighted by Gasteiger charge is 2.08. The van der Waals surface area contributed by atoms with E-state index < -0.39 is 0 Å². The van der Waals surface area contributed by atoms with Crippen LogP contribution in [0.3, 0.4) is 0 Å². The van der Waals surface area contributed by atoms with Gasteiger partial charge in [0.05, 0.1) is 5.52 Å². The third kappa shape index (κ3) is 2.28. The number of nitrogen functional groups attached to an aromatic ring is 2. The van der Waals surface area contributed by atoms with E-state index in [1.807, 2.05) is 12.1 Å². The van der Waals surface area contributed by atoms with Crippen molar-refractivity contribution in [3.05, 3.63) is 59.2 Å². The number of hydrogen-bond acceptors (Lipinski definition) is 4. The molecule has 0 radical (unpaired) electrons. The molecular formula is C16H16N4. The molecule has 3 rings (SSSR count). The molecule has 0 bridgehead atoms. The molecule has 2 aromatic carbocycles. The lowest BCUT2D eigenvalue weighted by Crippen LogP contribution is -2.02. The van der Waals surface area contributed by atoms with Crippen molar-refractivity contribution in [1.29, 1.82) is 0 Å². The van der Waals surface area contributed by atoms with Crippen LogP contribution in [0.2, 0.25) is 0 Å². The first-order valence-corrected chi connectivity index (χ1v) is 6.49. The second kappa shape index (κ2) is 4.81. The predicted octanol–water partition coefficient (Wildman–Crippen LogP) is 2.69. The number of benzene rings is 2. The zero-order valence-corrected chi connectivity index (χ0v) is 11.3. The molecule has 4 nitrogen and oxygen atoms in total. The molecule has 100 valence electrons. The van der Waals surface area contributed by atoms with Crippen LogP contribution in [0.1, 0.15) is 16.7 Å². The monoisotopic (exact) mass is 264 g/mol. The van der Waals surface area contributed by atoms with Gasteiger partial charge in [0.1, 0.15) is 5.82 Å². The van der Waals surface area contributed by atoms with E-state index in [0.29, 0.717) is 5.82 Å². The molecule has 1 aromatic heterocycles. The summed E-state index contributed by atoms with van der Waals surface area (Å²) in [7, 11) is 0. The highest BCUT2D eigenvalue weighted by molar-refractivity contribution is 5.92. The van der Waals surface area contributed by atoms with E-state index >= 15 is 0 Å². The Kier molecular flexibility index (Phi) is 2.99. The van der Waals surface area contributed by atoms with Gasteiger partial charge in [-0.15, -0.1) is 0 Å². The number of nitrogens with two attached hydrogens (primary N) is 2. The summed E-state index contributed by atoms with van der Waals surface area (Å²) in [6.07, 6.45) is 0.801. The Morgan fingerprint density at radius 3 is 2.45 bits per heavy atom.